The van der Waals surface area contributed by atoms with Gasteiger partial charge in [-0.1, -0.05) is 17.7 Å². The fourth-order valence-corrected chi connectivity index (χ4v) is 4.60. The van der Waals surface area contributed by atoms with Crippen molar-refractivity contribution in [2.24, 2.45) is 0 Å². The minimum Gasteiger partial charge on any atom is -0.444 e. The number of piperazine rings is 1. The van der Waals surface area contributed by atoms with Gasteiger partial charge in [-0.2, -0.15) is 5.10 Å². The molecular weight excluding hydrogens is 466 g/mol. The molecule has 0 radical (unpaired) electrons. The molecule has 1 saturated heterocycles. The van der Waals surface area contributed by atoms with E-state index in [2.05, 4.69) is 21.9 Å². The van der Waals surface area contributed by atoms with Gasteiger partial charge in [0.2, 0.25) is 0 Å². The number of carbonyl (C=O) groups excluding carboxylic acids is 1. The molecule has 3 aromatic heterocycles. The Labute approximate surface area is 208 Å². The van der Waals surface area contributed by atoms with E-state index < -0.39 is 5.60 Å². The Morgan fingerprint density at radius 1 is 1.17 bits per heavy atom. The number of hydrogen-bond acceptors (Lipinski definition) is 6. The first-order chi connectivity index (χ1) is 16.7. The van der Waals surface area contributed by atoms with E-state index in [4.69, 9.17) is 21.3 Å². The van der Waals surface area contributed by atoms with E-state index in [1.165, 1.54) is 0 Å². The fraction of sp³-hybridized carbons (Fsp3) is 0.360. The first kappa shape index (κ1) is 23.2. The molecule has 35 heavy (non-hydrogen) atoms. The number of fused-ring (bicyclic) bond motifs is 1. The van der Waals surface area contributed by atoms with E-state index in [1.54, 1.807) is 17.4 Å². The SMILES string of the molecule is CC1CN(C(=O)OC(C)(C)C)CCN1c1ncnc2c1c(-n1cccn1)cn2-c1cccc(Cl)c1. The van der Waals surface area contributed by atoms with E-state index in [-0.39, 0.29) is 12.1 Å². The van der Waals surface area contributed by atoms with Crippen molar-refractivity contribution >= 4 is 34.5 Å². The summed E-state index contributed by atoms with van der Waals surface area (Å²) in [7, 11) is 0. The third-order valence-electron chi connectivity index (χ3n) is 5.93. The van der Waals surface area contributed by atoms with E-state index in [1.807, 2.05) is 72.7 Å². The van der Waals surface area contributed by atoms with Crippen LogP contribution < -0.4 is 4.90 Å². The van der Waals surface area contributed by atoms with Crippen LogP contribution in [0.15, 0.2) is 55.2 Å². The van der Waals surface area contributed by atoms with E-state index in [0.29, 0.717) is 24.7 Å². The summed E-state index contributed by atoms with van der Waals surface area (Å²) in [5.41, 5.74) is 1.98. The summed E-state index contributed by atoms with van der Waals surface area (Å²) < 4.78 is 9.41. The molecule has 1 amide bonds. The van der Waals surface area contributed by atoms with Gasteiger partial charge in [0.25, 0.3) is 0 Å². The largest absolute Gasteiger partial charge is 0.444 e. The van der Waals surface area contributed by atoms with Gasteiger partial charge in [-0.15, -0.1) is 0 Å². The lowest BCUT2D eigenvalue weighted by atomic mass is 10.1. The molecule has 1 fully saturated rings. The minimum atomic E-state index is -0.530. The van der Waals surface area contributed by atoms with Crippen LogP contribution in [-0.2, 0) is 4.74 Å². The average molecular weight is 494 g/mol. The van der Waals surface area contributed by atoms with Crippen LogP contribution >= 0.6 is 11.6 Å². The summed E-state index contributed by atoms with van der Waals surface area (Å²) in [5, 5.41) is 6.00. The number of anilines is 1. The van der Waals surface area contributed by atoms with Crippen LogP contribution in [-0.4, -0.2) is 66.6 Å². The molecule has 0 spiro atoms. The van der Waals surface area contributed by atoms with Gasteiger partial charge in [-0.25, -0.2) is 19.4 Å². The third-order valence-corrected chi connectivity index (χ3v) is 6.17. The van der Waals surface area contributed by atoms with Crippen LogP contribution in [0.2, 0.25) is 5.02 Å². The number of aromatic nitrogens is 5. The average Bonchev–Trinajstić information content (AvgIpc) is 3.46. The molecule has 1 aliphatic rings. The monoisotopic (exact) mass is 493 g/mol. The van der Waals surface area contributed by atoms with Crippen molar-refractivity contribution in [3.05, 3.63) is 60.3 Å². The van der Waals surface area contributed by atoms with Crippen molar-refractivity contribution in [3.8, 4) is 11.4 Å². The summed E-state index contributed by atoms with van der Waals surface area (Å²) in [6, 6.07) is 9.55. The van der Waals surface area contributed by atoms with Crippen molar-refractivity contribution in [1.82, 2.24) is 29.2 Å². The molecule has 0 saturated carbocycles. The second kappa shape index (κ2) is 8.88. The summed E-state index contributed by atoms with van der Waals surface area (Å²) in [4.78, 5) is 26.0. The highest BCUT2D eigenvalue weighted by Gasteiger charge is 2.32. The van der Waals surface area contributed by atoms with Crippen LogP contribution in [0.3, 0.4) is 0 Å². The molecule has 4 aromatic rings. The molecule has 1 aromatic carbocycles. The van der Waals surface area contributed by atoms with Crippen molar-refractivity contribution in [3.63, 3.8) is 0 Å². The Kier molecular flexibility index (Phi) is 5.88. The van der Waals surface area contributed by atoms with Crippen LogP contribution in [0, 0.1) is 0 Å². The summed E-state index contributed by atoms with van der Waals surface area (Å²) in [6.07, 6.45) is 6.94. The van der Waals surface area contributed by atoms with Crippen molar-refractivity contribution < 1.29 is 9.53 Å². The first-order valence-corrected chi connectivity index (χ1v) is 12.0. The lowest BCUT2D eigenvalue weighted by Crippen LogP contribution is -2.54. The molecule has 182 valence electrons. The smallest absolute Gasteiger partial charge is 0.410 e. The zero-order valence-electron chi connectivity index (χ0n) is 20.2. The van der Waals surface area contributed by atoms with Gasteiger partial charge in [-0.3, -0.25) is 4.57 Å². The number of rotatable bonds is 3. The predicted octanol–water partition coefficient (Wildman–Crippen LogP) is 4.71. The number of benzene rings is 1. The summed E-state index contributed by atoms with van der Waals surface area (Å²) in [5.74, 6) is 0.803. The normalized spacial score (nSPS) is 16.7. The summed E-state index contributed by atoms with van der Waals surface area (Å²) in [6.45, 7) is 9.42. The van der Waals surface area contributed by atoms with Crippen molar-refractivity contribution in [2.45, 2.75) is 39.3 Å². The second-order valence-corrected chi connectivity index (χ2v) is 10.1. The standard InChI is InChI=1S/C25H28ClN7O2/c1-17-14-30(24(34)35-25(2,3)4)11-12-31(17)22-21-20(33-10-6-9-29-33)15-32(23(21)28-16-27-22)19-8-5-7-18(26)13-19/h5-10,13,15-17H,11-12,14H2,1-4H3. The van der Waals surface area contributed by atoms with Gasteiger partial charge in [0.05, 0.1) is 11.1 Å². The van der Waals surface area contributed by atoms with Gasteiger partial charge in [0, 0.05) is 55.0 Å². The predicted molar refractivity (Wildman–Crippen MR) is 136 cm³/mol. The maximum atomic E-state index is 12.6. The highest BCUT2D eigenvalue weighted by Crippen LogP contribution is 2.34. The number of halogens is 1. The zero-order chi connectivity index (χ0) is 24.7. The Morgan fingerprint density at radius 3 is 2.69 bits per heavy atom. The van der Waals surface area contributed by atoms with E-state index >= 15 is 0 Å². The highest BCUT2D eigenvalue weighted by molar-refractivity contribution is 6.30. The maximum absolute atomic E-state index is 12.6. The Hall–Kier alpha value is -3.59. The third kappa shape index (κ3) is 4.55. The lowest BCUT2D eigenvalue weighted by Gasteiger charge is -2.41. The van der Waals surface area contributed by atoms with Gasteiger partial charge >= 0.3 is 6.09 Å². The molecule has 0 bridgehead atoms. The number of nitrogens with zero attached hydrogens (tertiary/aromatic N) is 7. The number of ether oxygens (including phenoxy) is 1. The second-order valence-electron chi connectivity index (χ2n) is 9.68. The number of amides is 1. The van der Waals surface area contributed by atoms with Gasteiger partial charge in [0.1, 0.15) is 17.7 Å². The lowest BCUT2D eigenvalue weighted by molar-refractivity contribution is 0.0218. The molecule has 1 aliphatic heterocycles. The van der Waals surface area contributed by atoms with Gasteiger partial charge in [0.15, 0.2) is 5.65 Å². The molecule has 9 nitrogen and oxygen atoms in total. The van der Waals surface area contributed by atoms with Crippen molar-refractivity contribution in [2.75, 3.05) is 24.5 Å². The highest BCUT2D eigenvalue weighted by atomic mass is 35.5. The molecular formula is C25H28ClN7O2. The molecule has 1 unspecified atom stereocenters. The quantitative estimate of drug-likeness (QED) is 0.411. The van der Waals surface area contributed by atoms with E-state index in [0.717, 1.165) is 28.2 Å². The fourth-order valence-electron chi connectivity index (χ4n) is 4.42. The van der Waals surface area contributed by atoms with E-state index in [9.17, 15) is 4.79 Å². The van der Waals surface area contributed by atoms with Crippen LogP contribution in [0.5, 0.6) is 0 Å². The maximum Gasteiger partial charge on any atom is 0.410 e. The minimum absolute atomic E-state index is 0.0226. The Bertz CT molecular complexity index is 1360. The van der Waals surface area contributed by atoms with Crippen molar-refractivity contribution in [1.29, 1.82) is 0 Å². The van der Waals surface area contributed by atoms with Crippen LogP contribution in [0.25, 0.3) is 22.4 Å². The van der Waals surface area contributed by atoms with Crippen LogP contribution in [0.4, 0.5) is 10.6 Å². The molecule has 4 heterocycles. The van der Waals surface area contributed by atoms with Gasteiger partial charge in [-0.05, 0) is 52.0 Å². The summed E-state index contributed by atoms with van der Waals surface area (Å²) >= 11 is 6.29. The van der Waals surface area contributed by atoms with Crippen LogP contribution in [0.1, 0.15) is 27.7 Å². The first-order valence-electron chi connectivity index (χ1n) is 11.6. The Morgan fingerprint density at radius 2 is 2.00 bits per heavy atom. The zero-order valence-corrected chi connectivity index (χ0v) is 21.0. The molecule has 0 aliphatic carbocycles. The number of hydrogen-bond donors (Lipinski definition) is 0. The Balaban J connectivity index is 1.56. The topological polar surface area (TPSA) is 81.3 Å². The molecule has 5 rings (SSSR count). The van der Waals surface area contributed by atoms with Gasteiger partial charge < -0.3 is 14.5 Å². The molecule has 0 N–H and O–H groups in total. The molecule has 1 atom stereocenters. The molecule has 10 heteroatoms. The number of carbonyl (C=O) groups is 1.